The zero-order chi connectivity index (χ0) is 10.5. The second-order valence-corrected chi connectivity index (χ2v) is 5.02. The summed E-state index contributed by atoms with van der Waals surface area (Å²) in [4.78, 5) is 18.2. The van der Waals surface area contributed by atoms with E-state index >= 15 is 0 Å². The second-order valence-electron chi connectivity index (χ2n) is 2.73. The molecular weight excluding hydrogens is 214 g/mol. The molecule has 0 aliphatic carbocycles. The van der Waals surface area contributed by atoms with Gasteiger partial charge >= 0.3 is 7.60 Å². The Morgan fingerprint density at radius 1 is 1.38 bits per heavy atom. The highest BCUT2D eigenvalue weighted by Crippen LogP contribution is 2.55. The fourth-order valence-corrected chi connectivity index (χ4v) is 2.34. The summed E-state index contributed by atoms with van der Waals surface area (Å²) in [6, 6.07) is 0. The summed E-state index contributed by atoms with van der Waals surface area (Å²) in [6.45, 7) is 3.54. The highest BCUT2D eigenvalue weighted by molar-refractivity contribution is 7.53. The average Bonchev–Trinajstić information content (AvgIpc) is 2.05. The first-order valence-electron chi connectivity index (χ1n) is 4.19. The van der Waals surface area contributed by atoms with Gasteiger partial charge in [0.05, 0.1) is 6.61 Å². The van der Waals surface area contributed by atoms with Gasteiger partial charge in [0.2, 0.25) is 0 Å². The lowest BCUT2D eigenvalue weighted by Gasteiger charge is -2.31. The quantitative estimate of drug-likeness (QED) is 0.541. The molecule has 0 atom stereocenters. The number of hydrogen-bond donors (Lipinski definition) is 2. The molecule has 0 aliphatic rings. The summed E-state index contributed by atoms with van der Waals surface area (Å²) in [6.07, 6.45) is 0.565. The molecule has 0 aromatic rings. The number of alkyl halides is 1. The van der Waals surface area contributed by atoms with Crippen LogP contribution in [-0.4, -0.2) is 27.6 Å². The molecule has 0 fully saturated rings. The van der Waals surface area contributed by atoms with Gasteiger partial charge in [0, 0.05) is 5.88 Å². The van der Waals surface area contributed by atoms with E-state index < -0.39 is 12.9 Å². The van der Waals surface area contributed by atoms with E-state index in [1.807, 2.05) is 0 Å². The smallest absolute Gasteiger partial charge is 0.357 e. The summed E-state index contributed by atoms with van der Waals surface area (Å²) in [5, 5.41) is -1.35. The van der Waals surface area contributed by atoms with Crippen LogP contribution in [0.5, 0.6) is 0 Å². The van der Waals surface area contributed by atoms with E-state index in [0.29, 0.717) is 0 Å². The number of hydrogen-bond acceptors (Lipinski definition) is 2. The Balaban J connectivity index is 4.60. The Hall–Kier alpha value is 0.400. The molecule has 0 spiro atoms. The van der Waals surface area contributed by atoms with Gasteiger partial charge in [-0.3, -0.25) is 4.57 Å². The van der Waals surface area contributed by atoms with E-state index in [1.54, 1.807) is 13.8 Å². The maximum Gasteiger partial charge on any atom is 0.357 e. The first-order valence-corrected chi connectivity index (χ1v) is 6.33. The van der Waals surface area contributed by atoms with Crippen LogP contribution < -0.4 is 0 Å². The van der Waals surface area contributed by atoms with Crippen LogP contribution in [0.3, 0.4) is 0 Å². The Labute approximate surface area is 83.4 Å². The fourth-order valence-electron chi connectivity index (χ4n) is 1.18. The minimum absolute atomic E-state index is 0.161. The molecule has 0 unspecified atom stereocenters. The van der Waals surface area contributed by atoms with Crippen LogP contribution in [0.15, 0.2) is 0 Å². The summed E-state index contributed by atoms with van der Waals surface area (Å²) in [5.41, 5.74) is 0. The number of rotatable bonds is 6. The molecule has 0 aromatic carbocycles. The van der Waals surface area contributed by atoms with E-state index in [4.69, 9.17) is 26.1 Å². The Morgan fingerprint density at radius 3 is 2.08 bits per heavy atom. The first-order chi connectivity index (χ1) is 5.93. The molecule has 0 heterocycles. The predicted octanol–water partition coefficient (Wildman–Crippen LogP) is 1.94. The molecule has 0 saturated heterocycles. The van der Waals surface area contributed by atoms with Crippen LogP contribution in [0.4, 0.5) is 0 Å². The summed E-state index contributed by atoms with van der Waals surface area (Å²) in [5.74, 6) is 0.238. The van der Waals surface area contributed by atoms with Gasteiger partial charge in [-0.1, -0.05) is 13.8 Å². The molecule has 0 saturated carbocycles. The Morgan fingerprint density at radius 2 is 1.85 bits per heavy atom. The largest absolute Gasteiger partial charge is 0.361 e. The van der Waals surface area contributed by atoms with Crippen molar-refractivity contribution in [1.29, 1.82) is 0 Å². The third-order valence-electron chi connectivity index (χ3n) is 2.08. The molecule has 6 heteroatoms. The van der Waals surface area contributed by atoms with Gasteiger partial charge in [-0.15, -0.1) is 11.6 Å². The third kappa shape index (κ3) is 3.22. The first kappa shape index (κ1) is 13.4. The maximum atomic E-state index is 11.1. The highest BCUT2D eigenvalue weighted by Gasteiger charge is 2.44. The lowest BCUT2D eigenvalue weighted by atomic mass is 10.2. The van der Waals surface area contributed by atoms with Gasteiger partial charge in [-0.2, -0.15) is 0 Å². The normalized spacial score (nSPS) is 13.3. The van der Waals surface area contributed by atoms with Crippen molar-refractivity contribution in [2.45, 2.75) is 32.0 Å². The van der Waals surface area contributed by atoms with Gasteiger partial charge in [0.25, 0.3) is 0 Å². The van der Waals surface area contributed by atoms with Crippen LogP contribution in [0.2, 0.25) is 0 Å². The van der Waals surface area contributed by atoms with E-state index in [0.717, 1.165) is 0 Å². The monoisotopic (exact) mass is 230 g/mol. The molecule has 0 rings (SSSR count). The van der Waals surface area contributed by atoms with E-state index in [9.17, 15) is 4.57 Å². The van der Waals surface area contributed by atoms with Crippen molar-refractivity contribution >= 4 is 19.2 Å². The number of ether oxygens (including phenoxy) is 1. The summed E-state index contributed by atoms with van der Waals surface area (Å²) in [7, 11) is -4.22. The molecule has 0 aromatic heterocycles. The van der Waals surface area contributed by atoms with Crippen molar-refractivity contribution in [3.05, 3.63) is 0 Å². The Bertz CT molecular complexity index is 187. The molecule has 0 bridgehead atoms. The minimum Gasteiger partial charge on any atom is -0.361 e. The summed E-state index contributed by atoms with van der Waals surface area (Å²) >= 11 is 5.39. The maximum absolute atomic E-state index is 11.1. The third-order valence-corrected chi connectivity index (χ3v) is 4.06. The minimum atomic E-state index is -4.22. The van der Waals surface area contributed by atoms with Crippen molar-refractivity contribution < 1.29 is 19.1 Å². The van der Waals surface area contributed by atoms with Gasteiger partial charge in [0.1, 0.15) is 0 Å². The van der Waals surface area contributed by atoms with Crippen molar-refractivity contribution in [3.8, 4) is 0 Å². The zero-order valence-corrected chi connectivity index (χ0v) is 9.51. The van der Waals surface area contributed by atoms with Gasteiger partial charge in [-0.25, -0.2) is 0 Å². The van der Waals surface area contributed by atoms with Crippen molar-refractivity contribution in [1.82, 2.24) is 0 Å². The molecule has 0 radical (unpaired) electrons. The van der Waals surface area contributed by atoms with Crippen LogP contribution >= 0.6 is 19.2 Å². The topological polar surface area (TPSA) is 66.8 Å². The molecule has 13 heavy (non-hydrogen) atoms. The lowest BCUT2D eigenvalue weighted by Crippen LogP contribution is -2.31. The molecule has 80 valence electrons. The van der Waals surface area contributed by atoms with Gasteiger partial charge < -0.3 is 14.5 Å². The van der Waals surface area contributed by atoms with Crippen molar-refractivity contribution in [3.63, 3.8) is 0 Å². The number of halogens is 1. The summed E-state index contributed by atoms with van der Waals surface area (Å²) < 4.78 is 16.3. The SMILES string of the molecule is CCC(CC)(OCCCl)P(=O)(O)O. The van der Waals surface area contributed by atoms with Crippen molar-refractivity contribution in [2.75, 3.05) is 12.5 Å². The van der Waals surface area contributed by atoms with Gasteiger partial charge in [0.15, 0.2) is 5.34 Å². The molecule has 2 N–H and O–H groups in total. The standard InChI is InChI=1S/C7H16ClO4P/c1-3-7(4-2,12-6-5-8)13(9,10)11/h3-6H2,1-2H3,(H2,9,10,11). The van der Waals surface area contributed by atoms with E-state index in [-0.39, 0.29) is 25.3 Å². The molecule has 0 amide bonds. The van der Waals surface area contributed by atoms with Crippen LogP contribution in [0, 0.1) is 0 Å². The highest BCUT2D eigenvalue weighted by atomic mass is 35.5. The molecule has 0 aliphatic heterocycles. The van der Waals surface area contributed by atoms with E-state index in [1.165, 1.54) is 0 Å². The average molecular weight is 231 g/mol. The van der Waals surface area contributed by atoms with Crippen LogP contribution in [0.1, 0.15) is 26.7 Å². The predicted molar refractivity (Wildman–Crippen MR) is 52.0 cm³/mol. The molecule has 4 nitrogen and oxygen atoms in total. The van der Waals surface area contributed by atoms with Gasteiger partial charge in [-0.05, 0) is 12.8 Å². The Kier molecular flexibility index (Phi) is 5.49. The van der Waals surface area contributed by atoms with E-state index in [2.05, 4.69) is 0 Å². The second kappa shape index (κ2) is 5.32. The molecular formula is C7H16ClO4P. The van der Waals surface area contributed by atoms with Crippen molar-refractivity contribution in [2.24, 2.45) is 0 Å². The zero-order valence-electron chi connectivity index (χ0n) is 7.86. The fraction of sp³-hybridized carbons (Fsp3) is 1.00. The van der Waals surface area contributed by atoms with Crippen LogP contribution in [0.25, 0.3) is 0 Å². The lowest BCUT2D eigenvalue weighted by molar-refractivity contribution is 0.00185. The van der Waals surface area contributed by atoms with Crippen LogP contribution in [-0.2, 0) is 9.30 Å².